The predicted octanol–water partition coefficient (Wildman–Crippen LogP) is 1.24. The average Bonchev–Trinajstić information content (AvgIpc) is 2.70. The first-order chi connectivity index (χ1) is 8.56. The van der Waals surface area contributed by atoms with Crippen molar-refractivity contribution in [1.29, 1.82) is 0 Å². The molecule has 18 heavy (non-hydrogen) atoms. The molecule has 0 radical (unpaired) electrons. The predicted molar refractivity (Wildman–Crippen MR) is 70.0 cm³/mol. The van der Waals surface area contributed by atoms with Crippen molar-refractivity contribution in [2.24, 2.45) is 7.05 Å². The van der Waals surface area contributed by atoms with E-state index in [4.69, 9.17) is 5.73 Å². The number of nitrogens with zero attached hydrogens (tertiary/aromatic N) is 2. The van der Waals surface area contributed by atoms with Crippen LogP contribution in [0.3, 0.4) is 0 Å². The molecule has 0 spiro atoms. The van der Waals surface area contributed by atoms with Crippen molar-refractivity contribution in [2.45, 2.75) is 13.5 Å². The molecule has 3 N–H and O–H groups in total. The number of hydrogen-bond donors (Lipinski definition) is 2. The van der Waals surface area contributed by atoms with Crippen LogP contribution in [0.15, 0.2) is 30.5 Å². The Kier molecular flexibility index (Phi) is 3.32. The molecule has 1 heterocycles. The average molecular weight is 244 g/mol. The second-order valence-electron chi connectivity index (χ2n) is 4.26. The lowest BCUT2D eigenvalue weighted by Crippen LogP contribution is -2.24. The molecule has 1 amide bonds. The Balaban J connectivity index is 2.06. The minimum atomic E-state index is -0.133. The number of aryl methyl sites for hydroxylation is 2. The lowest BCUT2D eigenvalue weighted by molar-refractivity contribution is 0.0950. The monoisotopic (exact) mass is 244 g/mol. The van der Waals surface area contributed by atoms with Crippen LogP contribution in [0, 0.1) is 6.92 Å². The van der Waals surface area contributed by atoms with Crippen molar-refractivity contribution in [1.82, 2.24) is 15.1 Å². The number of aromatic nitrogens is 2. The summed E-state index contributed by atoms with van der Waals surface area (Å²) in [7, 11) is 1.84. The summed E-state index contributed by atoms with van der Waals surface area (Å²) in [6, 6.07) is 7.18. The first-order valence-electron chi connectivity index (χ1n) is 5.68. The van der Waals surface area contributed by atoms with Crippen molar-refractivity contribution < 1.29 is 4.79 Å². The highest BCUT2D eigenvalue weighted by atomic mass is 16.1. The van der Waals surface area contributed by atoms with Gasteiger partial charge >= 0.3 is 0 Å². The number of nitrogen functional groups attached to an aromatic ring is 1. The Bertz CT molecular complexity index is 554. The SMILES string of the molecule is Cc1cc(N)cc(C(=O)NCc2ccnn2C)c1. The van der Waals surface area contributed by atoms with Crippen molar-refractivity contribution in [3.63, 3.8) is 0 Å². The van der Waals surface area contributed by atoms with Gasteiger partial charge < -0.3 is 11.1 Å². The van der Waals surface area contributed by atoms with E-state index in [-0.39, 0.29) is 5.91 Å². The van der Waals surface area contributed by atoms with Crippen LogP contribution in [0.2, 0.25) is 0 Å². The van der Waals surface area contributed by atoms with Crippen LogP contribution >= 0.6 is 0 Å². The Labute approximate surface area is 106 Å². The number of nitrogens with two attached hydrogens (primary N) is 1. The first kappa shape index (κ1) is 12.2. The van der Waals surface area contributed by atoms with Gasteiger partial charge in [0.25, 0.3) is 5.91 Å². The molecular formula is C13H16N4O. The summed E-state index contributed by atoms with van der Waals surface area (Å²) in [5, 5.41) is 6.88. The third-order valence-electron chi connectivity index (χ3n) is 2.71. The van der Waals surface area contributed by atoms with Crippen LogP contribution in [-0.2, 0) is 13.6 Å². The molecule has 2 rings (SSSR count). The number of carbonyl (C=O) groups is 1. The van der Waals surface area contributed by atoms with E-state index in [1.54, 1.807) is 16.9 Å². The quantitative estimate of drug-likeness (QED) is 0.798. The van der Waals surface area contributed by atoms with Crippen LogP contribution in [-0.4, -0.2) is 15.7 Å². The topological polar surface area (TPSA) is 72.9 Å². The smallest absolute Gasteiger partial charge is 0.251 e. The summed E-state index contributed by atoms with van der Waals surface area (Å²) >= 11 is 0. The van der Waals surface area contributed by atoms with Gasteiger partial charge in [0, 0.05) is 24.5 Å². The van der Waals surface area contributed by atoms with Crippen LogP contribution in [0.4, 0.5) is 5.69 Å². The summed E-state index contributed by atoms with van der Waals surface area (Å²) in [6.45, 7) is 2.36. The van der Waals surface area contributed by atoms with Crippen molar-refractivity contribution in [2.75, 3.05) is 5.73 Å². The van der Waals surface area contributed by atoms with Gasteiger partial charge in [-0.2, -0.15) is 5.10 Å². The summed E-state index contributed by atoms with van der Waals surface area (Å²) in [6.07, 6.45) is 1.70. The second-order valence-corrected chi connectivity index (χ2v) is 4.26. The fourth-order valence-electron chi connectivity index (χ4n) is 1.79. The fraction of sp³-hybridized carbons (Fsp3) is 0.231. The van der Waals surface area contributed by atoms with Crippen LogP contribution in [0.25, 0.3) is 0 Å². The lowest BCUT2D eigenvalue weighted by Gasteiger charge is -2.07. The summed E-state index contributed by atoms with van der Waals surface area (Å²) in [4.78, 5) is 12.0. The molecule has 1 aromatic heterocycles. The van der Waals surface area contributed by atoms with Gasteiger partial charge in [0.05, 0.1) is 12.2 Å². The number of nitrogens with one attached hydrogen (secondary N) is 1. The zero-order chi connectivity index (χ0) is 13.1. The molecule has 0 fully saturated rings. The summed E-state index contributed by atoms with van der Waals surface area (Å²) in [5.41, 5.74) is 8.82. The number of carbonyl (C=O) groups excluding carboxylic acids is 1. The molecule has 0 atom stereocenters. The molecule has 0 saturated carbocycles. The normalized spacial score (nSPS) is 10.3. The van der Waals surface area contributed by atoms with Crippen molar-refractivity contribution in [3.8, 4) is 0 Å². The largest absolute Gasteiger partial charge is 0.399 e. The number of hydrogen-bond acceptors (Lipinski definition) is 3. The van der Waals surface area contributed by atoms with Gasteiger partial charge in [0.1, 0.15) is 0 Å². The van der Waals surface area contributed by atoms with Gasteiger partial charge in [0.2, 0.25) is 0 Å². The molecule has 0 aliphatic carbocycles. The van der Waals surface area contributed by atoms with E-state index >= 15 is 0 Å². The number of rotatable bonds is 3. The second kappa shape index (κ2) is 4.91. The van der Waals surface area contributed by atoms with E-state index in [0.717, 1.165) is 11.3 Å². The highest BCUT2D eigenvalue weighted by Crippen LogP contribution is 2.11. The van der Waals surface area contributed by atoms with Gasteiger partial charge in [-0.25, -0.2) is 0 Å². The molecule has 0 bridgehead atoms. The van der Waals surface area contributed by atoms with Crippen LogP contribution < -0.4 is 11.1 Å². The van der Waals surface area contributed by atoms with Crippen molar-refractivity contribution >= 4 is 11.6 Å². The molecule has 0 aliphatic heterocycles. The third kappa shape index (κ3) is 2.68. The Morgan fingerprint density at radius 2 is 2.22 bits per heavy atom. The molecular weight excluding hydrogens is 228 g/mol. The van der Waals surface area contributed by atoms with E-state index in [1.807, 2.05) is 32.2 Å². The molecule has 0 unspecified atom stereocenters. The van der Waals surface area contributed by atoms with Gasteiger partial charge in [-0.3, -0.25) is 9.48 Å². The van der Waals surface area contributed by atoms with E-state index in [2.05, 4.69) is 10.4 Å². The van der Waals surface area contributed by atoms with Crippen LogP contribution in [0.1, 0.15) is 21.6 Å². The Morgan fingerprint density at radius 3 is 2.83 bits per heavy atom. The molecule has 5 heteroatoms. The Morgan fingerprint density at radius 1 is 1.44 bits per heavy atom. The Hall–Kier alpha value is -2.30. The van der Waals surface area contributed by atoms with E-state index in [9.17, 15) is 4.79 Å². The zero-order valence-electron chi connectivity index (χ0n) is 10.5. The van der Waals surface area contributed by atoms with Crippen molar-refractivity contribution in [3.05, 3.63) is 47.3 Å². The van der Waals surface area contributed by atoms with E-state index in [1.165, 1.54) is 0 Å². The summed E-state index contributed by atoms with van der Waals surface area (Å²) < 4.78 is 1.73. The van der Waals surface area contributed by atoms with E-state index < -0.39 is 0 Å². The number of amides is 1. The van der Waals surface area contributed by atoms with Gasteiger partial charge in [-0.1, -0.05) is 0 Å². The molecule has 0 saturated heterocycles. The molecule has 5 nitrogen and oxygen atoms in total. The zero-order valence-corrected chi connectivity index (χ0v) is 10.5. The first-order valence-corrected chi connectivity index (χ1v) is 5.68. The highest BCUT2D eigenvalue weighted by molar-refractivity contribution is 5.95. The highest BCUT2D eigenvalue weighted by Gasteiger charge is 2.07. The lowest BCUT2D eigenvalue weighted by atomic mass is 10.1. The summed E-state index contributed by atoms with van der Waals surface area (Å²) in [5.74, 6) is -0.133. The molecule has 94 valence electrons. The number of benzene rings is 1. The minimum absolute atomic E-state index is 0.133. The molecule has 1 aromatic carbocycles. The number of anilines is 1. The maximum atomic E-state index is 12.0. The van der Waals surface area contributed by atoms with E-state index in [0.29, 0.717) is 17.8 Å². The van der Waals surface area contributed by atoms with Gasteiger partial charge in [0.15, 0.2) is 0 Å². The maximum absolute atomic E-state index is 12.0. The van der Waals surface area contributed by atoms with Crippen LogP contribution in [0.5, 0.6) is 0 Å². The molecule has 0 aliphatic rings. The molecule has 2 aromatic rings. The third-order valence-corrected chi connectivity index (χ3v) is 2.71. The van der Waals surface area contributed by atoms with Gasteiger partial charge in [-0.05, 0) is 36.8 Å². The fourth-order valence-corrected chi connectivity index (χ4v) is 1.79. The van der Waals surface area contributed by atoms with Gasteiger partial charge in [-0.15, -0.1) is 0 Å². The standard InChI is InChI=1S/C13H16N4O/c1-9-5-10(7-11(14)6-9)13(18)15-8-12-3-4-16-17(12)2/h3-7H,8,14H2,1-2H3,(H,15,18). The maximum Gasteiger partial charge on any atom is 0.251 e. The minimum Gasteiger partial charge on any atom is -0.399 e.